The number of amides is 1. The fourth-order valence-corrected chi connectivity index (χ4v) is 1.39. The maximum Gasteiger partial charge on any atom is 0.230 e. The summed E-state index contributed by atoms with van der Waals surface area (Å²) < 4.78 is 11.0. The molecule has 7 heteroatoms. The second kappa shape index (κ2) is 7.21. The molecule has 6 nitrogen and oxygen atoms in total. The Morgan fingerprint density at radius 1 is 1.56 bits per heavy atom. The molecule has 0 aromatic rings. The lowest BCUT2D eigenvalue weighted by molar-refractivity contribution is -0.122. The zero-order chi connectivity index (χ0) is 12.7. The van der Waals surface area contributed by atoms with Crippen LogP contribution in [0.3, 0.4) is 0 Å². The summed E-state index contributed by atoms with van der Waals surface area (Å²) >= 11 is 0. The van der Waals surface area contributed by atoms with Crippen LogP contribution in [0.4, 0.5) is 0 Å². The first-order chi connectivity index (χ1) is 7.40. The van der Waals surface area contributed by atoms with E-state index in [0.29, 0.717) is 13.0 Å². The second-order valence-corrected chi connectivity index (χ2v) is 5.44. The number of nitrogens with one attached hydrogen (secondary N) is 1. The third kappa shape index (κ3) is 5.11. The molecule has 0 radical (unpaired) electrons. The van der Waals surface area contributed by atoms with Crippen LogP contribution in [-0.2, 0) is 15.6 Å². The van der Waals surface area contributed by atoms with Crippen LogP contribution in [-0.4, -0.2) is 39.2 Å². The van der Waals surface area contributed by atoms with Gasteiger partial charge in [0.05, 0.1) is 5.92 Å². The van der Waals surface area contributed by atoms with E-state index in [0.717, 1.165) is 0 Å². The van der Waals surface area contributed by atoms with Gasteiger partial charge in [-0.25, -0.2) is 0 Å². The number of hydrogen-bond donors (Lipinski definition) is 3. The molecule has 0 rings (SSSR count). The Morgan fingerprint density at radius 2 is 2.12 bits per heavy atom. The van der Waals surface area contributed by atoms with Crippen molar-refractivity contribution < 1.29 is 14.2 Å². The number of oxime groups is 1. The molecule has 0 aliphatic carbocycles. The van der Waals surface area contributed by atoms with Crippen LogP contribution in [0.15, 0.2) is 5.16 Å². The van der Waals surface area contributed by atoms with E-state index < -0.39 is 16.7 Å². The van der Waals surface area contributed by atoms with Crippen LogP contribution in [0.2, 0.25) is 0 Å². The SMILES string of the molecule is CC(C(=O)NCCC(C)S(C)=O)C(N)=NO. The van der Waals surface area contributed by atoms with Crippen LogP contribution in [0, 0.1) is 5.92 Å². The van der Waals surface area contributed by atoms with Gasteiger partial charge in [0.25, 0.3) is 0 Å². The summed E-state index contributed by atoms with van der Waals surface area (Å²) in [5.41, 5.74) is 5.29. The molecular weight excluding hydrogens is 230 g/mol. The van der Waals surface area contributed by atoms with Crippen molar-refractivity contribution in [3.63, 3.8) is 0 Å². The summed E-state index contributed by atoms with van der Waals surface area (Å²) in [6, 6.07) is 0. The summed E-state index contributed by atoms with van der Waals surface area (Å²) in [4.78, 5) is 11.4. The van der Waals surface area contributed by atoms with E-state index in [4.69, 9.17) is 10.9 Å². The lowest BCUT2D eigenvalue weighted by Gasteiger charge is -2.12. The van der Waals surface area contributed by atoms with Crippen molar-refractivity contribution in [2.24, 2.45) is 16.8 Å². The minimum absolute atomic E-state index is 0.0412. The average molecular weight is 249 g/mol. The Kier molecular flexibility index (Phi) is 6.71. The summed E-state index contributed by atoms with van der Waals surface area (Å²) in [7, 11) is -0.886. The maximum absolute atomic E-state index is 11.4. The largest absolute Gasteiger partial charge is 0.409 e. The number of carbonyl (C=O) groups is 1. The predicted octanol–water partition coefficient (Wildman–Crippen LogP) is -0.358. The second-order valence-electron chi connectivity index (χ2n) is 3.64. The van der Waals surface area contributed by atoms with Gasteiger partial charge in [-0.05, 0) is 13.3 Å². The Labute approximate surface area is 97.7 Å². The van der Waals surface area contributed by atoms with E-state index in [1.165, 1.54) is 0 Å². The van der Waals surface area contributed by atoms with Crippen molar-refractivity contribution in [2.45, 2.75) is 25.5 Å². The average Bonchev–Trinajstić information content (AvgIpc) is 2.26. The Hall–Kier alpha value is -1.11. The van der Waals surface area contributed by atoms with Crippen molar-refractivity contribution in [3.8, 4) is 0 Å². The van der Waals surface area contributed by atoms with Gasteiger partial charge in [-0.1, -0.05) is 12.1 Å². The molecule has 0 fully saturated rings. The van der Waals surface area contributed by atoms with E-state index in [-0.39, 0.29) is 17.0 Å². The highest BCUT2D eigenvalue weighted by atomic mass is 32.2. The van der Waals surface area contributed by atoms with Crippen LogP contribution < -0.4 is 11.1 Å². The molecule has 16 heavy (non-hydrogen) atoms. The molecule has 4 N–H and O–H groups in total. The minimum Gasteiger partial charge on any atom is -0.409 e. The van der Waals surface area contributed by atoms with Crippen molar-refractivity contribution in [1.29, 1.82) is 0 Å². The van der Waals surface area contributed by atoms with Gasteiger partial charge >= 0.3 is 0 Å². The van der Waals surface area contributed by atoms with Gasteiger partial charge < -0.3 is 16.3 Å². The predicted molar refractivity (Wildman–Crippen MR) is 63.7 cm³/mol. The molecule has 1 amide bonds. The Bertz CT molecular complexity index is 294. The maximum atomic E-state index is 11.4. The van der Waals surface area contributed by atoms with E-state index >= 15 is 0 Å². The number of nitrogens with zero attached hydrogens (tertiary/aromatic N) is 1. The van der Waals surface area contributed by atoms with Crippen LogP contribution in [0.25, 0.3) is 0 Å². The Morgan fingerprint density at radius 3 is 2.56 bits per heavy atom. The number of nitrogens with two attached hydrogens (primary N) is 1. The summed E-state index contributed by atoms with van der Waals surface area (Å²) in [6.45, 7) is 3.84. The molecule has 3 atom stereocenters. The van der Waals surface area contributed by atoms with Gasteiger partial charge in [-0.15, -0.1) is 0 Å². The number of rotatable bonds is 6. The third-order valence-corrected chi connectivity index (χ3v) is 3.74. The molecule has 94 valence electrons. The molecule has 0 aromatic heterocycles. The van der Waals surface area contributed by atoms with Gasteiger partial charge in [-0.2, -0.15) is 0 Å². The third-order valence-electron chi connectivity index (χ3n) is 2.37. The van der Waals surface area contributed by atoms with Gasteiger partial charge in [0.1, 0.15) is 0 Å². The van der Waals surface area contributed by atoms with Gasteiger partial charge in [-0.3, -0.25) is 9.00 Å². The molecule has 0 spiro atoms. The highest BCUT2D eigenvalue weighted by Gasteiger charge is 2.17. The summed E-state index contributed by atoms with van der Waals surface area (Å²) in [5, 5.41) is 13.8. The molecule has 0 saturated heterocycles. The van der Waals surface area contributed by atoms with Crippen LogP contribution in [0.5, 0.6) is 0 Å². The van der Waals surface area contributed by atoms with E-state index in [2.05, 4.69) is 10.5 Å². The normalized spacial score (nSPS) is 17.6. The van der Waals surface area contributed by atoms with Crippen molar-refractivity contribution in [2.75, 3.05) is 12.8 Å². The number of carbonyl (C=O) groups excluding carboxylic acids is 1. The first-order valence-corrected chi connectivity index (χ1v) is 6.59. The molecule has 0 aliphatic heterocycles. The van der Waals surface area contributed by atoms with Crippen molar-refractivity contribution in [3.05, 3.63) is 0 Å². The quantitative estimate of drug-likeness (QED) is 0.259. The number of hydrogen-bond acceptors (Lipinski definition) is 4. The van der Waals surface area contributed by atoms with E-state index in [1.807, 2.05) is 6.92 Å². The summed E-state index contributed by atoms with van der Waals surface area (Å²) in [6.07, 6.45) is 2.27. The van der Waals surface area contributed by atoms with Crippen LogP contribution in [0.1, 0.15) is 20.3 Å². The number of amidine groups is 1. The van der Waals surface area contributed by atoms with Gasteiger partial charge in [0.2, 0.25) is 5.91 Å². The van der Waals surface area contributed by atoms with E-state index in [9.17, 15) is 9.00 Å². The van der Waals surface area contributed by atoms with Crippen LogP contribution >= 0.6 is 0 Å². The molecular formula is C9H19N3O3S. The monoisotopic (exact) mass is 249 g/mol. The standard InChI is InChI=1S/C9H19N3O3S/c1-6(16(3)15)4-5-11-9(13)7(2)8(10)12-14/h6-7,14H,4-5H2,1-3H3,(H2,10,12)(H,11,13). The van der Waals surface area contributed by atoms with Gasteiger partial charge in [0, 0.05) is 28.9 Å². The molecule has 0 heterocycles. The minimum atomic E-state index is -0.886. The molecule has 0 bridgehead atoms. The van der Waals surface area contributed by atoms with Crippen molar-refractivity contribution >= 4 is 22.5 Å². The highest BCUT2D eigenvalue weighted by molar-refractivity contribution is 7.84. The highest BCUT2D eigenvalue weighted by Crippen LogP contribution is 1.99. The van der Waals surface area contributed by atoms with Crippen molar-refractivity contribution in [1.82, 2.24) is 5.32 Å². The fraction of sp³-hybridized carbons (Fsp3) is 0.778. The first kappa shape index (κ1) is 14.9. The first-order valence-electron chi connectivity index (χ1n) is 4.97. The zero-order valence-electron chi connectivity index (χ0n) is 9.77. The Balaban J connectivity index is 3.95. The molecule has 0 aliphatic rings. The molecule has 3 unspecified atom stereocenters. The van der Waals surface area contributed by atoms with Gasteiger partial charge in [0.15, 0.2) is 5.84 Å². The topological polar surface area (TPSA) is 105 Å². The molecule has 0 aromatic carbocycles. The zero-order valence-corrected chi connectivity index (χ0v) is 10.6. The smallest absolute Gasteiger partial charge is 0.230 e. The lowest BCUT2D eigenvalue weighted by Crippen LogP contribution is -2.38. The lowest BCUT2D eigenvalue weighted by atomic mass is 10.1. The molecule has 0 saturated carbocycles. The summed E-state index contributed by atoms with van der Waals surface area (Å²) in [5.74, 6) is -1.08. The fourth-order valence-electron chi connectivity index (χ4n) is 0.939. The van der Waals surface area contributed by atoms with E-state index in [1.54, 1.807) is 13.2 Å².